The monoisotopic (exact) mass is 1280 g/mol. The minimum atomic E-state index is -0.619. The van der Waals surface area contributed by atoms with Crippen LogP contribution in [0.4, 0.5) is 34.1 Å². The van der Waals surface area contributed by atoms with Crippen LogP contribution in [0.1, 0.15) is 108 Å². The minimum Gasteiger partial charge on any atom is -0.310 e. The molecule has 2 atom stereocenters. The van der Waals surface area contributed by atoms with Gasteiger partial charge in [0.1, 0.15) is 0 Å². The summed E-state index contributed by atoms with van der Waals surface area (Å²) in [5.74, 6) is 0. The molecule has 2 heteroatoms. The molecule has 0 aliphatic heterocycles. The van der Waals surface area contributed by atoms with E-state index in [0.717, 1.165) is 56.4 Å². The Hall–Kier alpha value is -11.8. The summed E-state index contributed by atoms with van der Waals surface area (Å²) >= 11 is 0. The Morgan fingerprint density at radius 1 is 0.240 bits per heavy atom. The summed E-state index contributed by atoms with van der Waals surface area (Å²) in [7, 11) is 0. The molecule has 14 aromatic rings. The summed E-state index contributed by atoms with van der Waals surface area (Å²) in [6.45, 7) is 22.0. The molecule has 0 saturated heterocycles. The minimum absolute atomic E-state index is 0.00277. The predicted molar refractivity (Wildman–Crippen MR) is 424 cm³/mol. The molecule has 14 aromatic carbocycles. The topological polar surface area (TPSA) is 6.48 Å². The highest BCUT2D eigenvalue weighted by atomic mass is 15.1. The van der Waals surface area contributed by atoms with Crippen LogP contribution in [-0.2, 0) is 21.7 Å². The summed E-state index contributed by atoms with van der Waals surface area (Å²) in [4.78, 5) is 4.86. The maximum Gasteiger partial charge on any atom is 0.0714 e. The van der Waals surface area contributed by atoms with E-state index < -0.39 is 10.8 Å². The lowest BCUT2D eigenvalue weighted by Crippen LogP contribution is -2.29. The third-order valence-electron chi connectivity index (χ3n) is 21.1. The fraction of sp³-hybridized carbons (Fsp3) is 0.102. The van der Waals surface area contributed by atoms with E-state index in [9.17, 15) is 0 Å². The third-order valence-corrected chi connectivity index (χ3v) is 21.1. The number of anilines is 6. The Bertz CT molecular complexity index is 4990. The average molecular weight is 1290 g/mol. The number of rotatable bonds is 15. The Kier molecular flexibility index (Phi) is 15.9. The van der Waals surface area contributed by atoms with Gasteiger partial charge in [0.05, 0.1) is 10.8 Å². The summed E-state index contributed by atoms with van der Waals surface area (Å²) < 4.78 is 0. The summed E-state index contributed by atoms with van der Waals surface area (Å²) in [5, 5.41) is 0. The van der Waals surface area contributed by atoms with Crippen molar-refractivity contribution in [3.8, 4) is 55.6 Å². The Labute approximate surface area is 590 Å². The number of nitrogens with zero attached hydrogens (tertiary/aromatic N) is 2. The van der Waals surface area contributed by atoms with Crippen molar-refractivity contribution in [1.29, 1.82) is 0 Å². The van der Waals surface area contributed by atoms with Crippen molar-refractivity contribution in [3.05, 3.63) is 420 Å². The zero-order valence-corrected chi connectivity index (χ0v) is 57.8. The zero-order valence-electron chi connectivity index (χ0n) is 57.8. The van der Waals surface area contributed by atoms with E-state index in [-0.39, 0.29) is 10.8 Å². The molecule has 2 aliphatic rings. The quantitative estimate of drug-likeness (QED) is 0.101. The van der Waals surface area contributed by atoms with Gasteiger partial charge in [-0.05, 0) is 206 Å². The van der Waals surface area contributed by atoms with Gasteiger partial charge >= 0.3 is 0 Å². The number of hydrogen-bond acceptors (Lipinski definition) is 2. The molecular formula is C98H80N2. The van der Waals surface area contributed by atoms with Gasteiger partial charge in [-0.1, -0.05) is 334 Å². The molecular weight excluding hydrogens is 1210 g/mol. The molecule has 0 bridgehead atoms. The van der Waals surface area contributed by atoms with Crippen LogP contribution >= 0.6 is 0 Å². The van der Waals surface area contributed by atoms with Crippen LogP contribution in [-0.4, -0.2) is 0 Å². The lowest BCUT2D eigenvalue weighted by atomic mass is 9.67. The normalized spacial score (nSPS) is 15.1. The molecule has 2 aliphatic carbocycles. The number of fused-ring (bicyclic) bond motifs is 6. The van der Waals surface area contributed by atoms with Gasteiger partial charge < -0.3 is 9.80 Å². The van der Waals surface area contributed by atoms with E-state index in [4.69, 9.17) is 0 Å². The number of hydrogen-bond donors (Lipinski definition) is 0. The van der Waals surface area contributed by atoms with E-state index in [1.165, 1.54) is 100 Å². The van der Waals surface area contributed by atoms with Gasteiger partial charge in [-0.25, -0.2) is 0 Å². The molecule has 100 heavy (non-hydrogen) atoms. The maximum absolute atomic E-state index is 4.14. The first-order valence-electron chi connectivity index (χ1n) is 35.0. The summed E-state index contributed by atoms with van der Waals surface area (Å²) in [6, 6.07) is 127. The summed E-state index contributed by atoms with van der Waals surface area (Å²) in [6.07, 6.45) is 3.87. The SMILES string of the molecule is C=Cc1ccc(C2(c3ccc(C(C)(C)C)cc3)c3ccccc3-c3ccc(N(c4ccc(-c5ccccc5)cc4)c4ccc(-c5ccc(N(c6ccc(-c7ccccc7)cc6)c6ccc7c(c6)C(c6ccc(C=C)cc6)(c6ccc(C(C)(C)C)cc6)c6ccccc6-7)cc5)cc4)cc32)cc1. The largest absolute Gasteiger partial charge is 0.310 e. The standard InChI is InChI=1S/C98H80N2/c1-9-67-29-41-77(42-30-67)97(79-49-45-75(46-50-79)95(3,4)5)91-27-19-17-25-87(91)89-63-61-85(65-93(89)97)99(81-53-33-71(34-54-81)69-21-13-11-14-22-69)83-57-37-73(38-58-83)74-39-59-84(60-40-74)100(82-55-35-72(36-56-82)70-23-15-12-16-24-70)86-62-64-90-88-26-18-20-28-92(88)98(94(90)66-86,78-43-31-68(10-2)32-44-78)80-51-47-76(48-52-80)96(6,7)8/h9-66H,1-2H2,3-8H3. The van der Waals surface area contributed by atoms with Crippen molar-refractivity contribution in [1.82, 2.24) is 0 Å². The van der Waals surface area contributed by atoms with Gasteiger partial charge in [-0.15, -0.1) is 0 Å². The van der Waals surface area contributed by atoms with Crippen LogP contribution in [0.3, 0.4) is 0 Å². The van der Waals surface area contributed by atoms with Crippen LogP contribution in [0, 0.1) is 0 Å². The van der Waals surface area contributed by atoms with Gasteiger partial charge in [0.25, 0.3) is 0 Å². The Balaban J connectivity index is 0.813. The smallest absolute Gasteiger partial charge is 0.0714 e. The lowest BCUT2D eigenvalue weighted by molar-refractivity contribution is 0.589. The van der Waals surface area contributed by atoms with Crippen LogP contribution in [0.15, 0.2) is 353 Å². The summed E-state index contributed by atoms with van der Waals surface area (Å²) in [5.41, 5.74) is 31.8. The van der Waals surface area contributed by atoms with Crippen molar-refractivity contribution in [2.24, 2.45) is 0 Å². The first-order chi connectivity index (χ1) is 48.7. The van der Waals surface area contributed by atoms with Crippen molar-refractivity contribution < 1.29 is 0 Å². The molecule has 0 N–H and O–H groups in total. The van der Waals surface area contributed by atoms with Crippen LogP contribution in [0.5, 0.6) is 0 Å². The second-order valence-electron chi connectivity index (χ2n) is 28.9. The Morgan fingerprint density at radius 2 is 0.490 bits per heavy atom. The fourth-order valence-electron chi connectivity index (χ4n) is 15.9. The fourth-order valence-corrected chi connectivity index (χ4v) is 15.9. The van der Waals surface area contributed by atoms with E-state index in [0.29, 0.717) is 0 Å². The molecule has 16 rings (SSSR count). The van der Waals surface area contributed by atoms with Crippen molar-refractivity contribution in [2.75, 3.05) is 9.80 Å². The second kappa shape index (κ2) is 25.2. The first-order valence-corrected chi connectivity index (χ1v) is 35.0. The number of benzene rings is 14. The van der Waals surface area contributed by atoms with Gasteiger partial charge in [-0.3, -0.25) is 0 Å². The van der Waals surface area contributed by atoms with Gasteiger partial charge in [0, 0.05) is 34.1 Å². The molecule has 482 valence electrons. The highest BCUT2D eigenvalue weighted by Crippen LogP contribution is 2.60. The van der Waals surface area contributed by atoms with Gasteiger partial charge in [-0.2, -0.15) is 0 Å². The predicted octanol–water partition coefficient (Wildman–Crippen LogP) is 26.2. The molecule has 0 fully saturated rings. The van der Waals surface area contributed by atoms with Gasteiger partial charge in [0.15, 0.2) is 0 Å². The van der Waals surface area contributed by atoms with E-state index in [2.05, 4.69) is 404 Å². The zero-order chi connectivity index (χ0) is 68.3. The highest BCUT2D eigenvalue weighted by molar-refractivity contribution is 5.93. The van der Waals surface area contributed by atoms with Crippen LogP contribution in [0.25, 0.3) is 67.8 Å². The van der Waals surface area contributed by atoms with Crippen molar-refractivity contribution >= 4 is 46.3 Å². The second-order valence-corrected chi connectivity index (χ2v) is 28.9. The van der Waals surface area contributed by atoms with E-state index in [1.807, 2.05) is 12.2 Å². The molecule has 2 nitrogen and oxygen atoms in total. The molecule has 0 saturated carbocycles. The molecule has 0 amide bonds. The molecule has 0 aromatic heterocycles. The molecule has 0 spiro atoms. The van der Waals surface area contributed by atoms with E-state index in [1.54, 1.807) is 0 Å². The maximum atomic E-state index is 4.14. The first kappa shape index (κ1) is 62.9. The average Bonchev–Trinajstić information content (AvgIpc) is 1.53. The lowest BCUT2D eigenvalue weighted by Gasteiger charge is -2.35. The van der Waals surface area contributed by atoms with Gasteiger partial charge in [0.2, 0.25) is 0 Å². The van der Waals surface area contributed by atoms with E-state index >= 15 is 0 Å². The molecule has 2 unspecified atom stereocenters. The van der Waals surface area contributed by atoms with Crippen molar-refractivity contribution in [3.63, 3.8) is 0 Å². The molecule has 0 radical (unpaired) electrons. The Morgan fingerprint density at radius 3 is 0.780 bits per heavy atom. The van der Waals surface area contributed by atoms with Crippen LogP contribution < -0.4 is 9.80 Å². The highest BCUT2D eigenvalue weighted by Gasteiger charge is 2.48. The van der Waals surface area contributed by atoms with Crippen LogP contribution in [0.2, 0.25) is 0 Å². The third kappa shape index (κ3) is 10.8. The van der Waals surface area contributed by atoms with Crippen molar-refractivity contribution in [2.45, 2.75) is 63.2 Å². The molecule has 0 heterocycles.